The maximum Gasteiger partial charge on any atom is 0.314 e. The summed E-state index contributed by atoms with van der Waals surface area (Å²) in [5.41, 5.74) is 4.80. The standard InChI is InChI=1S/C7H14N2O6/c8-7(14)9-6-5(13)4(12)3(11)2(1-10)15-6/h2-6,10-13H,1H2,(H3,8,9,14)/t2-,3-,4+,5+,6-/m1/s1. The van der Waals surface area contributed by atoms with Crippen molar-refractivity contribution in [2.24, 2.45) is 5.73 Å². The fourth-order valence-electron chi connectivity index (χ4n) is 1.36. The lowest BCUT2D eigenvalue weighted by Crippen LogP contribution is -2.63. The van der Waals surface area contributed by atoms with Crippen LogP contribution in [0.3, 0.4) is 0 Å². The number of primary amides is 1. The summed E-state index contributed by atoms with van der Waals surface area (Å²) < 4.78 is 4.92. The summed E-state index contributed by atoms with van der Waals surface area (Å²) in [5, 5.41) is 38.9. The van der Waals surface area contributed by atoms with Crippen LogP contribution in [0, 0.1) is 0 Å². The molecule has 5 atom stereocenters. The number of aliphatic hydroxyl groups is 4. The summed E-state index contributed by atoms with van der Waals surface area (Å²) in [4.78, 5) is 10.5. The van der Waals surface area contributed by atoms with Gasteiger partial charge < -0.3 is 36.2 Å². The summed E-state index contributed by atoms with van der Waals surface area (Å²) in [5.74, 6) is 0. The second-order valence-corrected chi connectivity index (χ2v) is 3.26. The predicted molar refractivity (Wildman–Crippen MR) is 46.5 cm³/mol. The third-order valence-corrected chi connectivity index (χ3v) is 2.18. The Bertz CT molecular complexity index is 236. The van der Waals surface area contributed by atoms with Gasteiger partial charge in [0.1, 0.15) is 24.4 Å². The zero-order valence-electron chi connectivity index (χ0n) is 7.78. The first-order chi connectivity index (χ1) is 6.97. The molecule has 0 radical (unpaired) electrons. The largest absolute Gasteiger partial charge is 0.394 e. The van der Waals surface area contributed by atoms with Crippen LogP contribution in [0.15, 0.2) is 0 Å². The Morgan fingerprint density at radius 2 is 1.87 bits per heavy atom. The smallest absolute Gasteiger partial charge is 0.314 e. The van der Waals surface area contributed by atoms with Crippen LogP contribution in [0.1, 0.15) is 0 Å². The van der Waals surface area contributed by atoms with E-state index in [1.165, 1.54) is 0 Å². The van der Waals surface area contributed by atoms with Gasteiger partial charge in [0, 0.05) is 0 Å². The van der Waals surface area contributed by atoms with Crippen molar-refractivity contribution in [3.05, 3.63) is 0 Å². The average Bonchev–Trinajstić information content (AvgIpc) is 2.18. The maximum absolute atomic E-state index is 10.5. The SMILES string of the molecule is NC(=O)N[C@@H]1O[C@H](CO)[C@@H](O)[C@H](O)[C@@H]1O. The van der Waals surface area contributed by atoms with Crippen molar-refractivity contribution in [2.75, 3.05) is 6.61 Å². The number of urea groups is 1. The Morgan fingerprint density at radius 3 is 2.33 bits per heavy atom. The molecule has 1 aliphatic heterocycles. The fourth-order valence-corrected chi connectivity index (χ4v) is 1.36. The summed E-state index contributed by atoms with van der Waals surface area (Å²) in [6, 6.07) is -0.945. The Balaban J connectivity index is 2.69. The molecule has 1 rings (SSSR count). The number of hydrogen-bond acceptors (Lipinski definition) is 6. The van der Waals surface area contributed by atoms with E-state index < -0.39 is 43.3 Å². The number of rotatable bonds is 2. The van der Waals surface area contributed by atoms with Crippen molar-refractivity contribution in [1.29, 1.82) is 0 Å². The molecule has 1 saturated heterocycles. The normalized spacial score (nSPS) is 41.2. The Kier molecular flexibility index (Phi) is 3.83. The van der Waals surface area contributed by atoms with Crippen molar-refractivity contribution >= 4 is 6.03 Å². The van der Waals surface area contributed by atoms with Crippen molar-refractivity contribution in [1.82, 2.24) is 5.32 Å². The van der Waals surface area contributed by atoms with E-state index >= 15 is 0 Å². The van der Waals surface area contributed by atoms with Crippen LogP contribution in [0.2, 0.25) is 0 Å². The van der Waals surface area contributed by atoms with E-state index in [1.807, 2.05) is 5.32 Å². The molecular weight excluding hydrogens is 208 g/mol. The summed E-state index contributed by atoms with van der Waals surface area (Å²) in [7, 11) is 0. The number of carbonyl (C=O) groups is 1. The molecule has 0 unspecified atom stereocenters. The van der Waals surface area contributed by atoms with Gasteiger partial charge >= 0.3 is 6.03 Å². The van der Waals surface area contributed by atoms with E-state index in [0.29, 0.717) is 0 Å². The molecule has 88 valence electrons. The minimum Gasteiger partial charge on any atom is -0.394 e. The van der Waals surface area contributed by atoms with Gasteiger partial charge in [-0.15, -0.1) is 0 Å². The van der Waals surface area contributed by atoms with Crippen molar-refractivity contribution in [3.8, 4) is 0 Å². The number of nitrogens with two attached hydrogens (primary N) is 1. The van der Waals surface area contributed by atoms with Crippen molar-refractivity contribution < 1.29 is 30.0 Å². The lowest BCUT2D eigenvalue weighted by Gasteiger charge is -2.39. The van der Waals surface area contributed by atoms with Gasteiger partial charge in [0.25, 0.3) is 0 Å². The highest BCUT2D eigenvalue weighted by atomic mass is 16.6. The molecule has 1 aliphatic rings. The topological polar surface area (TPSA) is 145 Å². The summed E-state index contributed by atoms with van der Waals surface area (Å²) in [6.07, 6.45) is -6.78. The molecule has 8 heteroatoms. The predicted octanol–water partition coefficient (Wildman–Crippen LogP) is -3.55. The van der Waals surface area contributed by atoms with Crippen LogP contribution >= 0.6 is 0 Å². The number of hydrogen-bond donors (Lipinski definition) is 6. The zero-order chi connectivity index (χ0) is 11.6. The third kappa shape index (κ3) is 2.55. The number of nitrogens with one attached hydrogen (secondary N) is 1. The molecule has 7 N–H and O–H groups in total. The number of aliphatic hydroxyl groups excluding tert-OH is 4. The molecule has 1 fully saturated rings. The van der Waals surface area contributed by atoms with E-state index in [0.717, 1.165) is 0 Å². The highest BCUT2D eigenvalue weighted by Gasteiger charge is 2.43. The molecule has 0 bridgehead atoms. The number of carbonyl (C=O) groups excluding carboxylic acids is 1. The Hall–Kier alpha value is -0.930. The molecule has 0 aromatic carbocycles. The van der Waals surface area contributed by atoms with Gasteiger partial charge in [-0.05, 0) is 0 Å². The van der Waals surface area contributed by atoms with Crippen molar-refractivity contribution in [3.63, 3.8) is 0 Å². The van der Waals surface area contributed by atoms with E-state index in [1.54, 1.807) is 0 Å². The molecule has 15 heavy (non-hydrogen) atoms. The first-order valence-corrected chi connectivity index (χ1v) is 4.34. The van der Waals surface area contributed by atoms with Gasteiger partial charge in [0.2, 0.25) is 0 Å². The maximum atomic E-state index is 10.5. The second-order valence-electron chi connectivity index (χ2n) is 3.26. The average molecular weight is 222 g/mol. The van der Waals surface area contributed by atoms with Crippen molar-refractivity contribution in [2.45, 2.75) is 30.6 Å². The molecule has 2 amide bonds. The number of amides is 2. The molecule has 0 spiro atoms. The second kappa shape index (κ2) is 4.73. The van der Waals surface area contributed by atoms with Gasteiger partial charge in [-0.2, -0.15) is 0 Å². The molecule has 8 nitrogen and oxygen atoms in total. The van der Waals surface area contributed by atoms with Gasteiger partial charge in [-0.25, -0.2) is 4.79 Å². The minimum atomic E-state index is -1.52. The van der Waals surface area contributed by atoms with Crippen LogP contribution in [-0.2, 0) is 4.74 Å². The quantitative estimate of drug-likeness (QED) is 0.285. The van der Waals surface area contributed by atoms with E-state index in [-0.39, 0.29) is 0 Å². The Morgan fingerprint density at radius 1 is 1.27 bits per heavy atom. The van der Waals surface area contributed by atoms with E-state index in [4.69, 9.17) is 15.6 Å². The summed E-state index contributed by atoms with van der Waals surface area (Å²) >= 11 is 0. The summed E-state index contributed by atoms with van der Waals surface area (Å²) in [6.45, 7) is -0.554. The van der Waals surface area contributed by atoms with Gasteiger partial charge in [-0.1, -0.05) is 0 Å². The van der Waals surface area contributed by atoms with Crippen LogP contribution < -0.4 is 11.1 Å². The van der Waals surface area contributed by atoms with Crippen LogP contribution in [0.25, 0.3) is 0 Å². The van der Waals surface area contributed by atoms with Crippen LogP contribution in [0.5, 0.6) is 0 Å². The van der Waals surface area contributed by atoms with E-state index in [2.05, 4.69) is 0 Å². The Labute approximate surface area is 85.3 Å². The molecule has 1 heterocycles. The first kappa shape index (κ1) is 12.1. The highest BCUT2D eigenvalue weighted by molar-refractivity contribution is 5.71. The molecule has 0 aromatic rings. The molecular formula is C7H14N2O6. The van der Waals surface area contributed by atoms with Crippen LogP contribution in [-0.4, -0.2) is 63.7 Å². The minimum absolute atomic E-state index is 0.554. The first-order valence-electron chi connectivity index (χ1n) is 4.34. The highest BCUT2D eigenvalue weighted by Crippen LogP contribution is 2.19. The lowest BCUT2D eigenvalue weighted by atomic mass is 9.98. The fraction of sp³-hybridized carbons (Fsp3) is 0.857. The monoisotopic (exact) mass is 222 g/mol. The molecule has 0 aromatic heterocycles. The van der Waals surface area contributed by atoms with Crippen LogP contribution in [0.4, 0.5) is 4.79 Å². The third-order valence-electron chi connectivity index (χ3n) is 2.18. The zero-order valence-corrected chi connectivity index (χ0v) is 7.78. The van der Waals surface area contributed by atoms with Gasteiger partial charge in [-0.3, -0.25) is 0 Å². The lowest BCUT2D eigenvalue weighted by molar-refractivity contribution is -0.233. The van der Waals surface area contributed by atoms with Gasteiger partial charge in [0.05, 0.1) is 6.61 Å². The number of ether oxygens (including phenoxy) is 1. The van der Waals surface area contributed by atoms with E-state index in [9.17, 15) is 20.1 Å². The molecule has 0 saturated carbocycles. The molecule has 0 aliphatic carbocycles. The van der Waals surface area contributed by atoms with Gasteiger partial charge in [0.15, 0.2) is 6.23 Å².